The third-order valence-electron chi connectivity index (χ3n) is 4.17. The van der Waals surface area contributed by atoms with Gasteiger partial charge in [-0.05, 0) is 32.9 Å². The number of H-pyrrole nitrogens is 1. The van der Waals surface area contributed by atoms with Crippen molar-refractivity contribution in [1.29, 1.82) is 0 Å². The number of aromatic amines is 1. The highest BCUT2D eigenvalue weighted by molar-refractivity contribution is 6.35. The number of aromatic nitrogens is 1. The molecule has 118 valence electrons. The van der Waals surface area contributed by atoms with Crippen molar-refractivity contribution in [2.24, 2.45) is 0 Å². The number of nitrogens with zero attached hydrogens (tertiary/aromatic N) is 1. The van der Waals surface area contributed by atoms with Gasteiger partial charge in [-0.3, -0.25) is 9.69 Å². The second-order valence-corrected chi connectivity index (χ2v) is 6.58. The number of fused-ring (bicyclic) bond motifs is 1. The molecule has 0 bridgehead atoms. The van der Waals surface area contributed by atoms with Gasteiger partial charge in [-0.2, -0.15) is 0 Å². The van der Waals surface area contributed by atoms with Gasteiger partial charge in [0.15, 0.2) is 5.43 Å². The predicted molar refractivity (Wildman–Crippen MR) is 89.6 cm³/mol. The average Bonchev–Trinajstić information content (AvgIpc) is 2.44. The summed E-state index contributed by atoms with van der Waals surface area (Å²) in [7, 11) is 0. The third kappa shape index (κ3) is 2.91. The van der Waals surface area contributed by atoms with Crippen LogP contribution in [0.5, 0.6) is 0 Å². The molecule has 2 aromatic rings. The molecule has 4 nitrogen and oxygen atoms in total. The van der Waals surface area contributed by atoms with Gasteiger partial charge >= 0.3 is 0 Å². The van der Waals surface area contributed by atoms with E-state index < -0.39 is 0 Å². The lowest BCUT2D eigenvalue weighted by atomic mass is 10.1. The minimum atomic E-state index is 0.0700. The maximum Gasteiger partial charge on any atom is 0.194 e. The Morgan fingerprint density at radius 3 is 2.68 bits per heavy atom. The Hall–Kier alpha value is -1.36. The molecule has 2 heterocycles. The van der Waals surface area contributed by atoms with E-state index in [1.165, 1.54) is 0 Å². The third-order valence-corrected chi connectivity index (χ3v) is 4.49. The van der Waals surface area contributed by atoms with Crippen molar-refractivity contribution in [3.63, 3.8) is 0 Å². The van der Waals surface area contributed by atoms with Gasteiger partial charge in [-0.15, -0.1) is 0 Å². The van der Waals surface area contributed by atoms with Crippen LogP contribution in [0.25, 0.3) is 10.9 Å². The van der Waals surface area contributed by atoms with E-state index in [0.29, 0.717) is 17.0 Å². The number of morpholine rings is 1. The molecule has 0 saturated carbocycles. The van der Waals surface area contributed by atoms with Gasteiger partial charge in [0.1, 0.15) is 0 Å². The number of ether oxygens (including phenoxy) is 1. The van der Waals surface area contributed by atoms with E-state index in [1.807, 2.05) is 19.1 Å². The number of halogens is 1. The molecule has 0 unspecified atom stereocenters. The highest BCUT2D eigenvalue weighted by Crippen LogP contribution is 2.21. The zero-order valence-electron chi connectivity index (χ0n) is 13.1. The Morgan fingerprint density at radius 1 is 1.32 bits per heavy atom. The number of pyridine rings is 1. The Labute approximate surface area is 135 Å². The molecule has 3 rings (SSSR count). The number of benzene rings is 1. The summed E-state index contributed by atoms with van der Waals surface area (Å²) >= 11 is 6.19. The quantitative estimate of drug-likeness (QED) is 0.925. The van der Waals surface area contributed by atoms with Crippen molar-refractivity contribution in [2.45, 2.75) is 39.5 Å². The van der Waals surface area contributed by atoms with E-state index in [2.05, 4.69) is 23.7 Å². The van der Waals surface area contributed by atoms with E-state index >= 15 is 0 Å². The molecule has 1 aromatic carbocycles. The standard InChI is InChI=1S/C17H21ClN2O2/c1-10-7-20(8-11(2)22-10)9-14-12(3)19-16-13(17(14)21)5-4-6-15(16)18/h4-6,10-11H,7-9H2,1-3H3,(H,19,21)/t10-,11-/m1/s1. The number of aryl methyl sites for hydroxylation is 1. The van der Waals surface area contributed by atoms with Crippen molar-refractivity contribution in [3.05, 3.63) is 44.7 Å². The van der Waals surface area contributed by atoms with E-state index in [0.717, 1.165) is 29.9 Å². The number of nitrogens with one attached hydrogen (secondary N) is 1. The lowest BCUT2D eigenvalue weighted by Crippen LogP contribution is -2.45. The molecule has 0 radical (unpaired) electrons. The summed E-state index contributed by atoms with van der Waals surface area (Å²) in [6, 6.07) is 5.44. The fourth-order valence-corrected chi connectivity index (χ4v) is 3.49. The maximum absolute atomic E-state index is 12.8. The number of hydrogen-bond acceptors (Lipinski definition) is 3. The molecule has 22 heavy (non-hydrogen) atoms. The van der Waals surface area contributed by atoms with Crippen LogP contribution in [0, 0.1) is 6.92 Å². The lowest BCUT2D eigenvalue weighted by molar-refractivity contribution is -0.0706. The smallest absolute Gasteiger partial charge is 0.194 e. The summed E-state index contributed by atoms with van der Waals surface area (Å²) in [6.07, 6.45) is 0.385. The van der Waals surface area contributed by atoms with Crippen molar-refractivity contribution < 1.29 is 4.74 Å². The topological polar surface area (TPSA) is 45.3 Å². The van der Waals surface area contributed by atoms with Gasteiger partial charge in [-0.25, -0.2) is 0 Å². The molecule has 0 aliphatic carbocycles. The summed E-state index contributed by atoms with van der Waals surface area (Å²) in [5.74, 6) is 0. The van der Waals surface area contributed by atoms with Crippen molar-refractivity contribution in [3.8, 4) is 0 Å². The van der Waals surface area contributed by atoms with Gasteiger partial charge in [0.2, 0.25) is 0 Å². The first kappa shape index (κ1) is 15.5. The molecule has 1 aliphatic heterocycles. The van der Waals surface area contributed by atoms with Crippen LogP contribution in [-0.4, -0.2) is 35.2 Å². The van der Waals surface area contributed by atoms with Crippen LogP contribution < -0.4 is 5.43 Å². The Bertz CT molecular complexity index is 746. The molecule has 0 spiro atoms. The zero-order chi connectivity index (χ0) is 15.9. The van der Waals surface area contributed by atoms with E-state index in [4.69, 9.17) is 16.3 Å². The Kier molecular flexibility index (Phi) is 4.26. The second-order valence-electron chi connectivity index (χ2n) is 6.17. The normalized spacial score (nSPS) is 23.1. The number of hydrogen-bond donors (Lipinski definition) is 1. The molecule has 0 amide bonds. The van der Waals surface area contributed by atoms with Crippen LogP contribution in [0.4, 0.5) is 0 Å². The summed E-state index contributed by atoms with van der Waals surface area (Å²) in [5, 5.41) is 1.24. The first-order chi connectivity index (χ1) is 10.5. The molecular formula is C17H21ClN2O2. The van der Waals surface area contributed by atoms with Crippen molar-refractivity contribution >= 4 is 22.5 Å². The Morgan fingerprint density at radius 2 is 2.00 bits per heavy atom. The summed E-state index contributed by atoms with van der Waals surface area (Å²) in [4.78, 5) is 18.4. The van der Waals surface area contributed by atoms with E-state index in [9.17, 15) is 4.79 Å². The van der Waals surface area contributed by atoms with Crippen LogP contribution in [0.2, 0.25) is 5.02 Å². The number of para-hydroxylation sites is 1. The molecule has 1 N–H and O–H groups in total. The monoisotopic (exact) mass is 320 g/mol. The Balaban J connectivity index is 1.99. The molecule has 1 fully saturated rings. The SMILES string of the molecule is Cc1[nH]c2c(Cl)cccc2c(=O)c1CN1C[C@@H](C)O[C@H](C)C1. The summed E-state index contributed by atoms with van der Waals surface area (Å²) in [6.45, 7) is 8.40. The number of rotatable bonds is 2. The van der Waals surface area contributed by atoms with Crippen LogP contribution in [0.15, 0.2) is 23.0 Å². The van der Waals surface area contributed by atoms with E-state index in [-0.39, 0.29) is 17.6 Å². The van der Waals surface area contributed by atoms with Crippen molar-refractivity contribution in [2.75, 3.05) is 13.1 Å². The average molecular weight is 321 g/mol. The molecular weight excluding hydrogens is 300 g/mol. The van der Waals surface area contributed by atoms with Crippen molar-refractivity contribution in [1.82, 2.24) is 9.88 Å². The van der Waals surface area contributed by atoms with Gasteiger partial charge in [0.05, 0.1) is 22.7 Å². The van der Waals surface area contributed by atoms with Gasteiger partial charge in [0.25, 0.3) is 0 Å². The molecule has 2 atom stereocenters. The van der Waals surface area contributed by atoms with E-state index in [1.54, 1.807) is 6.07 Å². The minimum Gasteiger partial charge on any atom is -0.373 e. The highest BCUT2D eigenvalue weighted by atomic mass is 35.5. The van der Waals surface area contributed by atoms with Crippen LogP contribution in [0.1, 0.15) is 25.1 Å². The first-order valence-corrected chi connectivity index (χ1v) is 8.01. The largest absolute Gasteiger partial charge is 0.373 e. The van der Waals surface area contributed by atoms with Crippen LogP contribution in [0.3, 0.4) is 0 Å². The van der Waals surface area contributed by atoms with Gasteiger partial charge in [-0.1, -0.05) is 17.7 Å². The molecule has 5 heteroatoms. The molecule has 1 aliphatic rings. The predicted octanol–water partition coefficient (Wildman–Crippen LogP) is 3.10. The fraction of sp³-hybridized carbons (Fsp3) is 0.471. The summed E-state index contributed by atoms with van der Waals surface area (Å²) in [5.41, 5.74) is 2.49. The zero-order valence-corrected chi connectivity index (χ0v) is 13.9. The van der Waals surface area contributed by atoms with Crippen LogP contribution in [-0.2, 0) is 11.3 Å². The lowest BCUT2D eigenvalue weighted by Gasteiger charge is -2.35. The molecule has 1 aromatic heterocycles. The first-order valence-electron chi connectivity index (χ1n) is 7.63. The minimum absolute atomic E-state index is 0.0700. The highest BCUT2D eigenvalue weighted by Gasteiger charge is 2.23. The molecule has 1 saturated heterocycles. The maximum atomic E-state index is 12.8. The fourth-order valence-electron chi connectivity index (χ4n) is 3.26. The van der Waals surface area contributed by atoms with Crippen LogP contribution >= 0.6 is 11.6 Å². The van der Waals surface area contributed by atoms with Gasteiger partial charge in [0, 0.05) is 36.3 Å². The second kappa shape index (κ2) is 6.03. The van der Waals surface area contributed by atoms with Gasteiger partial charge < -0.3 is 9.72 Å². The summed E-state index contributed by atoms with van der Waals surface area (Å²) < 4.78 is 5.76.